The van der Waals surface area contributed by atoms with Gasteiger partial charge in [0.1, 0.15) is 5.70 Å². The first-order chi connectivity index (χ1) is 7.36. The first kappa shape index (κ1) is 8.05. The molecule has 0 aromatic heterocycles. The van der Waals surface area contributed by atoms with Gasteiger partial charge in [-0.05, 0) is 24.0 Å². The molecule has 0 fully saturated rings. The fraction of sp³-hybridized carbons (Fsp3) is 0.0833. The fourth-order valence-electron chi connectivity index (χ4n) is 1.64. The van der Waals surface area contributed by atoms with Crippen molar-refractivity contribution in [2.45, 2.75) is 6.04 Å². The Labute approximate surface area is 86.4 Å². The Balaban J connectivity index is 2.17. The van der Waals surface area contributed by atoms with Crippen LogP contribution in [0.2, 0.25) is 0 Å². The third kappa shape index (κ3) is 1.10. The molecule has 0 saturated heterocycles. The predicted molar refractivity (Wildman–Crippen MR) is 55.0 cm³/mol. The summed E-state index contributed by atoms with van der Waals surface area (Å²) in [7, 11) is 0. The molecule has 1 atom stereocenters. The maximum absolute atomic E-state index is 12.0. The lowest BCUT2D eigenvalue weighted by Crippen LogP contribution is -2.33. The largest absolute Gasteiger partial charge is 0.295 e. The lowest BCUT2D eigenvalue weighted by Gasteiger charge is -2.17. The number of carbonyl (C=O) groups is 1. The van der Waals surface area contributed by atoms with Gasteiger partial charge in [0.15, 0.2) is 0 Å². The number of fused-ring (bicyclic) bond motifs is 2. The van der Waals surface area contributed by atoms with Crippen LogP contribution >= 0.6 is 0 Å². The van der Waals surface area contributed by atoms with Crippen molar-refractivity contribution in [3.8, 4) is 0 Å². The summed E-state index contributed by atoms with van der Waals surface area (Å²) in [5.41, 5.74) is 9.63. The Morgan fingerprint density at radius 1 is 1.47 bits per heavy atom. The second kappa shape index (κ2) is 2.84. The number of hydrogen-bond acceptors (Lipinski definition) is 2. The van der Waals surface area contributed by atoms with Crippen LogP contribution < -0.4 is 0 Å². The van der Waals surface area contributed by atoms with Crippen LogP contribution in [0.4, 0.5) is 0 Å². The molecule has 1 amide bonds. The number of allylic oxidation sites excluding steroid dienone is 2. The van der Waals surface area contributed by atoms with Crippen LogP contribution in [0.25, 0.3) is 0 Å². The zero-order valence-electron chi connectivity index (χ0n) is 7.77. The Hall–Kier alpha value is -2.30. The van der Waals surface area contributed by atoms with Crippen molar-refractivity contribution in [1.29, 1.82) is 0 Å². The van der Waals surface area contributed by atoms with E-state index < -0.39 is 0 Å². The highest BCUT2D eigenvalue weighted by Gasteiger charge is 2.28. The summed E-state index contributed by atoms with van der Waals surface area (Å²) in [6, 6.07) is -0.113. The molecule has 3 heteroatoms. The zero-order valence-corrected chi connectivity index (χ0v) is 7.77. The molecule has 2 aliphatic heterocycles. The van der Waals surface area contributed by atoms with E-state index in [0.717, 1.165) is 0 Å². The molecular formula is C12H6N2O. The van der Waals surface area contributed by atoms with Gasteiger partial charge >= 0.3 is 0 Å². The summed E-state index contributed by atoms with van der Waals surface area (Å²) in [5.74, 6) is -0.0704. The molecule has 0 aromatic rings. The zero-order chi connectivity index (χ0) is 10.3. The summed E-state index contributed by atoms with van der Waals surface area (Å²) >= 11 is 0. The second-order valence-corrected chi connectivity index (χ2v) is 3.31. The molecule has 2 heterocycles. The van der Waals surface area contributed by atoms with Gasteiger partial charge in [-0.25, -0.2) is 4.99 Å². The minimum Gasteiger partial charge on any atom is -0.295 e. The van der Waals surface area contributed by atoms with Crippen molar-refractivity contribution in [2.24, 2.45) is 4.99 Å². The molecule has 0 N–H and O–H groups in total. The van der Waals surface area contributed by atoms with E-state index in [9.17, 15) is 4.79 Å². The van der Waals surface area contributed by atoms with Crippen LogP contribution in [-0.2, 0) is 4.79 Å². The third-order valence-electron chi connectivity index (χ3n) is 2.40. The van der Waals surface area contributed by atoms with E-state index in [1.54, 1.807) is 35.5 Å². The molecule has 15 heavy (non-hydrogen) atoms. The molecule has 0 spiro atoms. The molecule has 0 bridgehead atoms. The van der Waals surface area contributed by atoms with Crippen LogP contribution in [0.15, 0.2) is 57.9 Å². The molecule has 3 rings (SSSR count). The standard InChI is InChI=1S/C12H6N2O/c15-12-10-5-1-2-6-11(10)13-8-9-4-3-7-14(9)12/h1,4-5,7-9H/t9-/m0/s1. The number of carbonyl (C=O) groups excluding carboxylic acids is 1. The average molecular weight is 194 g/mol. The minimum absolute atomic E-state index is 0.0704. The first-order valence-corrected chi connectivity index (χ1v) is 4.58. The van der Waals surface area contributed by atoms with Crippen LogP contribution in [0, 0.1) is 0 Å². The van der Waals surface area contributed by atoms with E-state index >= 15 is 0 Å². The molecule has 0 saturated carbocycles. The lowest BCUT2D eigenvalue weighted by molar-refractivity contribution is -0.124. The molecule has 1 aliphatic carbocycles. The van der Waals surface area contributed by atoms with Crippen molar-refractivity contribution in [2.75, 3.05) is 0 Å². The van der Waals surface area contributed by atoms with Gasteiger partial charge in [0.25, 0.3) is 5.91 Å². The molecule has 0 radical (unpaired) electrons. The summed E-state index contributed by atoms with van der Waals surface area (Å²) in [6.07, 6.45) is 8.53. The smallest absolute Gasteiger partial charge is 0.262 e. The first-order valence-electron chi connectivity index (χ1n) is 4.58. The normalized spacial score (nSPS) is 24.9. The van der Waals surface area contributed by atoms with Crippen LogP contribution in [-0.4, -0.2) is 23.1 Å². The van der Waals surface area contributed by atoms with Gasteiger partial charge in [-0.1, -0.05) is 5.73 Å². The van der Waals surface area contributed by atoms with E-state index in [1.165, 1.54) is 0 Å². The second-order valence-electron chi connectivity index (χ2n) is 3.31. The van der Waals surface area contributed by atoms with Gasteiger partial charge in [-0.2, -0.15) is 0 Å². The van der Waals surface area contributed by atoms with Gasteiger partial charge in [-0.3, -0.25) is 9.69 Å². The van der Waals surface area contributed by atoms with E-state index in [-0.39, 0.29) is 11.9 Å². The Bertz CT molecular complexity index is 573. The van der Waals surface area contributed by atoms with Crippen molar-refractivity contribution >= 4 is 12.1 Å². The minimum atomic E-state index is -0.113. The van der Waals surface area contributed by atoms with E-state index in [2.05, 4.69) is 22.2 Å². The van der Waals surface area contributed by atoms with E-state index in [4.69, 9.17) is 0 Å². The number of rotatable bonds is 0. The molecule has 70 valence electrons. The number of amides is 1. The molecular weight excluding hydrogens is 188 g/mol. The van der Waals surface area contributed by atoms with Crippen molar-refractivity contribution in [3.05, 3.63) is 52.9 Å². The van der Waals surface area contributed by atoms with Crippen LogP contribution in [0.5, 0.6) is 0 Å². The SMILES string of the molecule is O=C1C2=CC=C=C=C2N=C[C@@H]2C=C=CN12. The molecule has 3 aliphatic rings. The monoisotopic (exact) mass is 194 g/mol. The van der Waals surface area contributed by atoms with Gasteiger partial charge < -0.3 is 0 Å². The maximum atomic E-state index is 12.0. The third-order valence-corrected chi connectivity index (χ3v) is 2.40. The van der Waals surface area contributed by atoms with Gasteiger partial charge in [-0.15, -0.1) is 5.73 Å². The van der Waals surface area contributed by atoms with Gasteiger partial charge in [0, 0.05) is 6.21 Å². The maximum Gasteiger partial charge on any atom is 0.262 e. The number of aliphatic imine (C=N–C) groups is 1. The fourth-order valence-corrected chi connectivity index (χ4v) is 1.64. The van der Waals surface area contributed by atoms with Crippen molar-refractivity contribution in [3.63, 3.8) is 0 Å². The van der Waals surface area contributed by atoms with Crippen LogP contribution in [0.1, 0.15) is 0 Å². The number of nitrogens with zero attached hydrogens (tertiary/aromatic N) is 2. The summed E-state index contributed by atoms with van der Waals surface area (Å²) < 4.78 is 0. The highest BCUT2D eigenvalue weighted by molar-refractivity contribution is 6.02. The van der Waals surface area contributed by atoms with Crippen molar-refractivity contribution in [1.82, 2.24) is 4.90 Å². The Morgan fingerprint density at radius 3 is 3.33 bits per heavy atom. The van der Waals surface area contributed by atoms with Gasteiger partial charge in [0.2, 0.25) is 0 Å². The molecule has 3 nitrogen and oxygen atoms in total. The molecule has 0 aromatic carbocycles. The highest BCUT2D eigenvalue weighted by atomic mass is 16.2. The summed E-state index contributed by atoms with van der Waals surface area (Å²) in [5, 5.41) is 0. The Morgan fingerprint density at radius 2 is 2.40 bits per heavy atom. The molecule has 0 unspecified atom stereocenters. The van der Waals surface area contributed by atoms with Gasteiger partial charge in [0.05, 0.1) is 17.8 Å². The van der Waals surface area contributed by atoms with E-state index in [1.807, 2.05) is 0 Å². The van der Waals surface area contributed by atoms with Crippen LogP contribution in [0.3, 0.4) is 0 Å². The average Bonchev–Trinajstić information content (AvgIpc) is 2.69. The van der Waals surface area contributed by atoms with E-state index in [0.29, 0.717) is 11.3 Å². The predicted octanol–water partition coefficient (Wildman–Crippen LogP) is 1.08. The summed E-state index contributed by atoms with van der Waals surface area (Å²) in [4.78, 5) is 17.9. The topological polar surface area (TPSA) is 32.7 Å². The number of hydrogen-bond donors (Lipinski definition) is 0. The quantitative estimate of drug-likeness (QED) is 0.531. The summed E-state index contributed by atoms with van der Waals surface area (Å²) in [6.45, 7) is 0. The Kier molecular flexibility index (Phi) is 1.53. The highest BCUT2D eigenvalue weighted by Crippen LogP contribution is 2.22. The lowest BCUT2D eigenvalue weighted by atomic mass is 10.1. The van der Waals surface area contributed by atoms with Crippen molar-refractivity contribution < 1.29 is 4.79 Å².